The van der Waals surface area contributed by atoms with E-state index in [2.05, 4.69) is 17.1 Å². The van der Waals surface area contributed by atoms with E-state index in [4.69, 9.17) is 21.1 Å². The first-order valence-electron chi connectivity index (χ1n) is 6.54. The van der Waals surface area contributed by atoms with E-state index in [1.165, 1.54) is 0 Å². The van der Waals surface area contributed by atoms with Crippen LogP contribution in [0.15, 0.2) is 12.1 Å². The predicted molar refractivity (Wildman–Crippen MR) is 77.4 cm³/mol. The lowest BCUT2D eigenvalue weighted by atomic mass is 10.1. The Morgan fingerprint density at radius 2 is 1.89 bits per heavy atom. The normalized spacial score (nSPS) is 18.1. The number of methoxy groups -OCH3 is 2. The molecular formula is C14H21ClN2O2. The van der Waals surface area contributed by atoms with Crippen molar-refractivity contribution in [3.05, 3.63) is 22.7 Å². The minimum atomic E-state index is 0.273. The first-order valence-corrected chi connectivity index (χ1v) is 6.92. The van der Waals surface area contributed by atoms with E-state index in [0.717, 1.165) is 31.7 Å². The molecule has 0 aromatic heterocycles. The summed E-state index contributed by atoms with van der Waals surface area (Å²) in [5.41, 5.74) is 1.08. The highest BCUT2D eigenvalue weighted by atomic mass is 35.5. The average molecular weight is 285 g/mol. The Kier molecular flexibility index (Phi) is 4.91. The molecule has 1 aromatic carbocycles. The summed E-state index contributed by atoms with van der Waals surface area (Å²) in [6, 6.07) is 4.21. The van der Waals surface area contributed by atoms with Gasteiger partial charge < -0.3 is 14.8 Å². The van der Waals surface area contributed by atoms with E-state index in [0.29, 0.717) is 16.5 Å². The smallest absolute Gasteiger partial charge is 0.179 e. The molecule has 19 heavy (non-hydrogen) atoms. The van der Waals surface area contributed by atoms with Gasteiger partial charge in [-0.3, -0.25) is 4.90 Å². The molecule has 1 heterocycles. The number of benzene rings is 1. The Hall–Kier alpha value is -0.970. The molecule has 1 aromatic rings. The molecule has 0 radical (unpaired) electrons. The summed E-state index contributed by atoms with van der Waals surface area (Å²) in [6.07, 6.45) is 0. The summed E-state index contributed by atoms with van der Waals surface area (Å²) >= 11 is 6.46. The van der Waals surface area contributed by atoms with Crippen molar-refractivity contribution in [1.82, 2.24) is 10.2 Å². The Labute approximate surface area is 119 Å². The maximum absolute atomic E-state index is 6.46. The largest absolute Gasteiger partial charge is 0.493 e. The van der Waals surface area contributed by atoms with Crippen molar-refractivity contribution in [2.75, 3.05) is 40.4 Å². The van der Waals surface area contributed by atoms with Gasteiger partial charge in [0.05, 0.1) is 19.2 Å². The summed E-state index contributed by atoms with van der Waals surface area (Å²) in [7, 11) is 3.23. The number of rotatable bonds is 4. The van der Waals surface area contributed by atoms with Crippen molar-refractivity contribution < 1.29 is 9.47 Å². The van der Waals surface area contributed by atoms with Crippen LogP contribution < -0.4 is 14.8 Å². The SMILES string of the molecule is COc1ccc([C@H](C)N2CCNCC2)c(Cl)c1OC. The standard InChI is InChI=1S/C14H21ClN2O2/c1-10(17-8-6-16-7-9-17)11-4-5-12(18-2)14(19-3)13(11)15/h4-5,10,16H,6-9H2,1-3H3/t10-/m0/s1. The van der Waals surface area contributed by atoms with Gasteiger partial charge in [0.25, 0.3) is 0 Å². The van der Waals surface area contributed by atoms with Gasteiger partial charge >= 0.3 is 0 Å². The molecule has 5 heteroatoms. The first-order chi connectivity index (χ1) is 9.19. The number of piperazine rings is 1. The van der Waals surface area contributed by atoms with Crippen molar-refractivity contribution in [2.45, 2.75) is 13.0 Å². The second kappa shape index (κ2) is 6.46. The van der Waals surface area contributed by atoms with Crippen molar-refractivity contribution in [3.63, 3.8) is 0 Å². The van der Waals surface area contributed by atoms with Crippen molar-refractivity contribution in [1.29, 1.82) is 0 Å². The molecule has 4 nitrogen and oxygen atoms in total. The maximum Gasteiger partial charge on any atom is 0.179 e. The van der Waals surface area contributed by atoms with Gasteiger partial charge in [-0.15, -0.1) is 0 Å². The first kappa shape index (κ1) is 14.4. The second-order valence-electron chi connectivity index (χ2n) is 4.67. The van der Waals surface area contributed by atoms with E-state index in [9.17, 15) is 0 Å². The maximum atomic E-state index is 6.46. The fourth-order valence-electron chi connectivity index (χ4n) is 2.49. The average Bonchev–Trinajstić information content (AvgIpc) is 2.47. The monoisotopic (exact) mass is 284 g/mol. The lowest BCUT2D eigenvalue weighted by Gasteiger charge is -2.33. The molecule has 0 aliphatic carbocycles. The van der Waals surface area contributed by atoms with Gasteiger partial charge in [0, 0.05) is 32.2 Å². The Bertz CT molecular complexity index is 434. The molecule has 1 N–H and O–H groups in total. The Morgan fingerprint density at radius 3 is 2.47 bits per heavy atom. The summed E-state index contributed by atoms with van der Waals surface area (Å²) in [6.45, 7) is 6.29. The number of nitrogens with zero attached hydrogens (tertiary/aromatic N) is 1. The molecule has 2 rings (SSSR count). The van der Waals surface area contributed by atoms with Crippen LogP contribution in [0.5, 0.6) is 11.5 Å². The van der Waals surface area contributed by atoms with E-state index >= 15 is 0 Å². The molecule has 0 saturated carbocycles. The van der Waals surface area contributed by atoms with Crippen molar-refractivity contribution >= 4 is 11.6 Å². The van der Waals surface area contributed by atoms with Crippen molar-refractivity contribution in [2.24, 2.45) is 0 Å². The third-order valence-electron chi connectivity index (χ3n) is 3.66. The van der Waals surface area contributed by atoms with Gasteiger partial charge in [-0.1, -0.05) is 17.7 Å². The molecule has 1 aliphatic heterocycles. The highest BCUT2D eigenvalue weighted by molar-refractivity contribution is 6.33. The third-order valence-corrected chi connectivity index (χ3v) is 4.05. The summed E-state index contributed by atoms with van der Waals surface area (Å²) in [5.74, 6) is 1.28. The third kappa shape index (κ3) is 2.96. The van der Waals surface area contributed by atoms with Gasteiger partial charge in [0.15, 0.2) is 11.5 Å². The highest BCUT2D eigenvalue weighted by Gasteiger charge is 2.23. The van der Waals surface area contributed by atoms with Crippen LogP contribution in [0.1, 0.15) is 18.5 Å². The molecule has 0 bridgehead atoms. The summed E-state index contributed by atoms with van der Waals surface area (Å²) in [4.78, 5) is 2.42. The zero-order valence-corrected chi connectivity index (χ0v) is 12.5. The van der Waals surface area contributed by atoms with Crippen LogP contribution in [-0.2, 0) is 0 Å². The van der Waals surface area contributed by atoms with Crippen LogP contribution in [-0.4, -0.2) is 45.3 Å². The van der Waals surface area contributed by atoms with Gasteiger partial charge in [-0.25, -0.2) is 0 Å². The molecule has 0 spiro atoms. The quantitative estimate of drug-likeness (QED) is 0.920. The second-order valence-corrected chi connectivity index (χ2v) is 5.04. The van der Waals surface area contributed by atoms with E-state index in [1.807, 2.05) is 12.1 Å². The van der Waals surface area contributed by atoms with Crippen molar-refractivity contribution in [3.8, 4) is 11.5 Å². The fourth-order valence-corrected chi connectivity index (χ4v) is 2.88. The van der Waals surface area contributed by atoms with Gasteiger partial charge in [-0.2, -0.15) is 0 Å². The topological polar surface area (TPSA) is 33.7 Å². The summed E-state index contributed by atoms with van der Waals surface area (Å²) < 4.78 is 10.6. The number of nitrogens with one attached hydrogen (secondary N) is 1. The van der Waals surface area contributed by atoms with Gasteiger partial charge in [0.2, 0.25) is 0 Å². The molecule has 0 amide bonds. The molecule has 1 saturated heterocycles. The highest BCUT2D eigenvalue weighted by Crippen LogP contribution is 2.40. The zero-order valence-electron chi connectivity index (χ0n) is 11.7. The van der Waals surface area contributed by atoms with Gasteiger partial charge in [0.1, 0.15) is 0 Å². The van der Waals surface area contributed by atoms with Crippen LogP contribution in [0.3, 0.4) is 0 Å². The minimum Gasteiger partial charge on any atom is -0.493 e. The predicted octanol–water partition coefficient (Wildman–Crippen LogP) is 2.32. The molecule has 0 unspecified atom stereocenters. The van der Waals surface area contributed by atoms with Crippen LogP contribution in [0.25, 0.3) is 0 Å². The fraction of sp³-hybridized carbons (Fsp3) is 0.571. The van der Waals surface area contributed by atoms with E-state index < -0.39 is 0 Å². The van der Waals surface area contributed by atoms with Crippen LogP contribution >= 0.6 is 11.6 Å². The van der Waals surface area contributed by atoms with Gasteiger partial charge in [-0.05, 0) is 18.6 Å². The lowest BCUT2D eigenvalue weighted by molar-refractivity contribution is 0.185. The number of ether oxygens (including phenoxy) is 2. The Balaban J connectivity index is 2.28. The number of hydrogen-bond acceptors (Lipinski definition) is 4. The van der Waals surface area contributed by atoms with Crippen LogP contribution in [0, 0.1) is 0 Å². The van der Waals surface area contributed by atoms with Crippen LogP contribution in [0.2, 0.25) is 5.02 Å². The zero-order chi connectivity index (χ0) is 13.8. The Morgan fingerprint density at radius 1 is 1.21 bits per heavy atom. The molecule has 106 valence electrons. The van der Waals surface area contributed by atoms with E-state index in [1.54, 1.807) is 14.2 Å². The lowest BCUT2D eigenvalue weighted by Crippen LogP contribution is -2.44. The number of hydrogen-bond donors (Lipinski definition) is 1. The van der Waals surface area contributed by atoms with Crippen LogP contribution in [0.4, 0.5) is 0 Å². The summed E-state index contributed by atoms with van der Waals surface area (Å²) in [5, 5.41) is 4.00. The molecule has 1 fully saturated rings. The molecular weight excluding hydrogens is 264 g/mol. The minimum absolute atomic E-state index is 0.273. The molecule has 1 atom stereocenters. The van der Waals surface area contributed by atoms with E-state index in [-0.39, 0.29) is 6.04 Å². The molecule has 1 aliphatic rings. The number of halogens is 1.